The summed E-state index contributed by atoms with van der Waals surface area (Å²) in [5, 5.41) is 24.7. The van der Waals surface area contributed by atoms with E-state index in [1.54, 1.807) is 20.8 Å². The molecule has 18 heavy (non-hydrogen) atoms. The predicted octanol–water partition coefficient (Wildman–Crippen LogP) is 0.190. The van der Waals surface area contributed by atoms with Gasteiger partial charge < -0.3 is 20.3 Å². The normalized spacial score (nSPS) is 25.8. The predicted molar refractivity (Wildman–Crippen MR) is 67.0 cm³/mol. The van der Waals surface area contributed by atoms with Crippen LogP contribution in [-0.2, 0) is 4.74 Å². The van der Waals surface area contributed by atoms with E-state index in [1.165, 1.54) is 0 Å². The van der Waals surface area contributed by atoms with Crippen molar-refractivity contribution in [2.45, 2.75) is 51.5 Å². The molecule has 0 aromatic heterocycles. The molecule has 0 saturated carbocycles. The molecular weight excluding hydrogens is 236 g/mol. The Hall–Kier alpha value is -0.850. The molecule has 0 aromatic carbocycles. The maximum Gasteiger partial charge on any atom is 0.407 e. The van der Waals surface area contributed by atoms with Gasteiger partial charge in [0.2, 0.25) is 0 Å². The number of aliphatic hydroxyl groups is 2. The SMILES string of the molecule is CC(C)(C)OC(=O)NCC(O)CC1CCNC1O. The lowest BCUT2D eigenvalue weighted by Crippen LogP contribution is -2.38. The summed E-state index contributed by atoms with van der Waals surface area (Å²) in [6.45, 7) is 6.24. The number of aliphatic hydroxyl groups excluding tert-OH is 2. The van der Waals surface area contributed by atoms with E-state index in [9.17, 15) is 15.0 Å². The van der Waals surface area contributed by atoms with Crippen molar-refractivity contribution in [3.8, 4) is 0 Å². The Balaban J connectivity index is 2.20. The largest absolute Gasteiger partial charge is 0.444 e. The summed E-state index contributed by atoms with van der Waals surface area (Å²) in [7, 11) is 0. The average Bonchev–Trinajstić information content (AvgIpc) is 2.59. The molecule has 1 saturated heterocycles. The molecular formula is C12H24N2O4. The lowest BCUT2D eigenvalue weighted by atomic mass is 9.99. The molecule has 1 fully saturated rings. The van der Waals surface area contributed by atoms with E-state index in [0.717, 1.165) is 13.0 Å². The molecule has 1 heterocycles. The minimum absolute atomic E-state index is 0.0421. The molecule has 0 aliphatic carbocycles. The Morgan fingerprint density at radius 2 is 2.22 bits per heavy atom. The van der Waals surface area contributed by atoms with Crippen LogP contribution in [0.3, 0.4) is 0 Å². The van der Waals surface area contributed by atoms with Crippen LogP contribution in [0.15, 0.2) is 0 Å². The van der Waals surface area contributed by atoms with Gasteiger partial charge in [0.05, 0.1) is 6.10 Å². The number of rotatable bonds is 4. The van der Waals surface area contributed by atoms with Gasteiger partial charge in [-0.25, -0.2) is 4.79 Å². The Morgan fingerprint density at radius 1 is 1.56 bits per heavy atom. The maximum absolute atomic E-state index is 11.4. The lowest BCUT2D eigenvalue weighted by molar-refractivity contribution is 0.0440. The van der Waals surface area contributed by atoms with Gasteiger partial charge in [-0.3, -0.25) is 5.32 Å². The number of ether oxygens (including phenoxy) is 1. The van der Waals surface area contributed by atoms with E-state index in [4.69, 9.17) is 4.74 Å². The van der Waals surface area contributed by atoms with Crippen LogP contribution in [0.4, 0.5) is 4.79 Å². The van der Waals surface area contributed by atoms with Gasteiger partial charge in [-0.2, -0.15) is 0 Å². The Bertz CT molecular complexity index is 278. The minimum Gasteiger partial charge on any atom is -0.444 e. The van der Waals surface area contributed by atoms with Crippen LogP contribution in [0.5, 0.6) is 0 Å². The van der Waals surface area contributed by atoms with Gasteiger partial charge in [-0.15, -0.1) is 0 Å². The Labute approximate surface area is 108 Å². The third-order valence-corrected chi connectivity index (χ3v) is 2.77. The van der Waals surface area contributed by atoms with Crippen molar-refractivity contribution in [2.24, 2.45) is 5.92 Å². The highest BCUT2D eigenvalue weighted by Gasteiger charge is 2.27. The summed E-state index contributed by atoms with van der Waals surface area (Å²) >= 11 is 0. The zero-order chi connectivity index (χ0) is 13.8. The van der Waals surface area contributed by atoms with Crippen LogP contribution in [0.25, 0.3) is 0 Å². The maximum atomic E-state index is 11.4. The van der Waals surface area contributed by atoms with Crippen LogP contribution in [-0.4, -0.2) is 47.3 Å². The molecule has 0 radical (unpaired) electrons. The first-order chi connectivity index (χ1) is 8.28. The highest BCUT2D eigenvalue weighted by Crippen LogP contribution is 2.19. The smallest absolute Gasteiger partial charge is 0.407 e. The van der Waals surface area contributed by atoms with E-state index in [-0.39, 0.29) is 12.5 Å². The summed E-state index contributed by atoms with van der Waals surface area (Å²) in [5.41, 5.74) is -0.541. The molecule has 6 nitrogen and oxygen atoms in total. The first kappa shape index (κ1) is 15.2. The van der Waals surface area contributed by atoms with E-state index in [1.807, 2.05) is 0 Å². The zero-order valence-electron chi connectivity index (χ0n) is 11.3. The van der Waals surface area contributed by atoms with Gasteiger partial charge >= 0.3 is 6.09 Å². The van der Waals surface area contributed by atoms with Crippen LogP contribution in [0.2, 0.25) is 0 Å². The molecule has 106 valence electrons. The van der Waals surface area contributed by atoms with Crippen molar-refractivity contribution in [2.75, 3.05) is 13.1 Å². The van der Waals surface area contributed by atoms with Crippen molar-refractivity contribution in [3.05, 3.63) is 0 Å². The number of alkyl carbamates (subject to hydrolysis) is 1. The molecule has 3 atom stereocenters. The van der Waals surface area contributed by atoms with Crippen molar-refractivity contribution in [3.63, 3.8) is 0 Å². The van der Waals surface area contributed by atoms with Crippen molar-refractivity contribution >= 4 is 6.09 Å². The Morgan fingerprint density at radius 3 is 2.72 bits per heavy atom. The number of hydrogen-bond donors (Lipinski definition) is 4. The summed E-state index contributed by atoms with van der Waals surface area (Å²) in [5.74, 6) is 0.0421. The second kappa shape index (κ2) is 6.36. The third kappa shape index (κ3) is 5.66. The van der Waals surface area contributed by atoms with E-state index < -0.39 is 24.0 Å². The molecule has 1 aliphatic heterocycles. The number of amides is 1. The van der Waals surface area contributed by atoms with Crippen LogP contribution < -0.4 is 10.6 Å². The molecule has 4 N–H and O–H groups in total. The number of nitrogens with one attached hydrogen (secondary N) is 2. The standard InChI is InChI=1S/C12H24N2O4/c1-12(2,3)18-11(17)14-7-9(15)6-8-4-5-13-10(8)16/h8-10,13,15-16H,4-7H2,1-3H3,(H,14,17). The van der Waals surface area contributed by atoms with Gasteiger partial charge in [0.1, 0.15) is 11.8 Å². The molecule has 1 amide bonds. The fraction of sp³-hybridized carbons (Fsp3) is 0.917. The highest BCUT2D eigenvalue weighted by atomic mass is 16.6. The number of hydrogen-bond acceptors (Lipinski definition) is 5. The van der Waals surface area contributed by atoms with Gasteiger partial charge in [0.15, 0.2) is 0 Å². The molecule has 0 bridgehead atoms. The Kier molecular flexibility index (Phi) is 5.37. The van der Waals surface area contributed by atoms with Crippen molar-refractivity contribution < 1.29 is 19.7 Å². The third-order valence-electron chi connectivity index (χ3n) is 2.77. The fourth-order valence-corrected chi connectivity index (χ4v) is 1.94. The van der Waals surface area contributed by atoms with Gasteiger partial charge in [-0.1, -0.05) is 0 Å². The van der Waals surface area contributed by atoms with Crippen molar-refractivity contribution in [1.29, 1.82) is 0 Å². The first-order valence-electron chi connectivity index (χ1n) is 6.34. The number of carbonyl (C=O) groups is 1. The second-order valence-corrected chi connectivity index (χ2v) is 5.72. The van der Waals surface area contributed by atoms with E-state index in [0.29, 0.717) is 6.42 Å². The summed E-state index contributed by atoms with van der Waals surface area (Å²) in [6, 6.07) is 0. The molecule has 1 aliphatic rings. The van der Waals surface area contributed by atoms with Crippen LogP contribution in [0.1, 0.15) is 33.6 Å². The van der Waals surface area contributed by atoms with Gasteiger partial charge in [0.25, 0.3) is 0 Å². The average molecular weight is 260 g/mol. The quantitative estimate of drug-likeness (QED) is 0.579. The highest BCUT2D eigenvalue weighted by molar-refractivity contribution is 5.67. The molecule has 6 heteroatoms. The van der Waals surface area contributed by atoms with E-state index >= 15 is 0 Å². The van der Waals surface area contributed by atoms with Crippen LogP contribution >= 0.6 is 0 Å². The fourth-order valence-electron chi connectivity index (χ4n) is 1.94. The molecule has 0 aromatic rings. The lowest BCUT2D eigenvalue weighted by Gasteiger charge is -2.22. The molecule has 3 unspecified atom stereocenters. The second-order valence-electron chi connectivity index (χ2n) is 5.72. The van der Waals surface area contributed by atoms with Crippen molar-refractivity contribution in [1.82, 2.24) is 10.6 Å². The van der Waals surface area contributed by atoms with Crippen LogP contribution in [0, 0.1) is 5.92 Å². The van der Waals surface area contributed by atoms with Gasteiger partial charge in [0, 0.05) is 12.5 Å². The summed E-state index contributed by atoms with van der Waals surface area (Å²) < 4.78 is 5.06. The summed E-state index contributed by atoms with van der Waals surface area (Å²) in [6.07, 6.45) is -0.459. The number of carbonyl (C=O) groups excluding carboxylic acids is 1. The summed E-state index contributed by atoms with van der Waals surface area (Å²) in [4.78, 5) is 11.4. The molecule has 1 rings (SSSR count). The first-order valence-corrected chi connectivity index (χ1v) is 6.34. The zero-order valence-corrected chi connectivity index (χ0v) is 11.3. The topological polar surface area (TPSA) is 90.8 Å². The monoisotopic (exact) mass is 260 g/mol. The van der Waals surface area contributed by atoms with Gasteiger partial charge in [-0.05, 0) is 40.2 Å². The molecule has 0 spiro atoms. The van der Waals surface area contributed by atoms with E-state index in [2.05, 4.69) is 10.6 Å². The minimum atomic E-state index is -0.669.